The fraction of sp³-hybridized carbons (Fsp3) is 1.00. The van der Waals surface area contributed by atoms with E-state index in [0.717, 1.165) is 25.7 Å². The molecule has 1 atom stereocenters. The van der Waals surface area contributed by atoms with Crippen LogP contribution in [0.25, 0.3) is 0 Å². The highest BCUT2D eigenvalue weighted by Gasteiger charge is 2.28. The van der Waals surface area contributed by atoms with Gasteiger partial charge in [0.1, 0.15) is 0 Å². The monoisotopic (exact) mass is 248 g/mol. The van der Waals surface area contributed by atoms with Crippen LogP contribution < -0.4 is 0 Å². The first-order chi connectivity index (χ1) is 7.70. The summed E-state index contributed by atoms with van der Waals surface area (Å²) in [6.45, 7) is 4.45. The van der Waals surface area contributed by atoms with Crippen molar-refractivity contribution in [2.75, 3.05) is 12.8 Å². The molecule has 0 aromatic rings. The van der Waals surface area contributed by atoms with Gasteiger partial charge in [0.25, 0.3) is 0 Å². The lowest BCUT2D eigenvalue weighted by molar-refractivity contribution is 0.119. The summed E-state index contributed by atoms with van der Waals surface area (Å²) in [6, 6.07) is 0. The fourth-order valence-corrected chi connectivity index (χ4v) is 4.15. The molecule has 3 nitrogen and oxygen atoms in total. The SMILES string of the molecule is CCCCP(=O)(OCC)OC1CCCCC1. The number of unbranched alkanes of at least 4 members (excludes halogenated alkanes) is 1. The largest absolute Gasteiger partial charge is 0.330 e. The van der Waals surface area contributed by atoms with Crippen LogP contribution in [0.2, 0.25) is 0 Å². The highest BCUT2D eigenvalue weighted by Crippen LogP contribution is 2.51. The summed E-state index contributed by atoms with van der Waals surface area (Å²) >= 11 is 0. The molecule has 96 valence electrons. The van der Waals surface area contributed by atoms with Crippen molar-refractivity contribution in [3.05, 3.63) is 0 Å². The first-order valence-electron chi connectivity index (χ1n) is 6.62. The predicted octanol–water partition coefficient (Wildman–Crippen LogP) is 4.37. The minimum absolute atomic E-state index is 0.169. The maximum Gasteiger partial charge on any atom is 0.330 e. The molecule has 0 spiro atoms. The van der Waals surface area contributed by atoms with Crippen LogP contribution in [0, 0.1) is 0 Å². The molecule has 16 heavy (non-hydrogen) atoms. The van der Waals surface area contributed by atoms with Gasteiger partial charge in [-0.05, 0) is 26.2 Å². The summed E-state index contributed by atoms with van der Waals surface area (Å²) in [5, 5.41) is 0. The van der Waals surface area contributed by atoms with E-state index in [4.69, 9.17) is 9.05 Å². The summed E-state index contributed by atoms with van der Waals surface area (Å²) in [4.78, 5) is 0. The average Bonchev–Trinajstić information content (AvgIpc) is 2.28. The lowest BCUT2D eigenvalue weighted by Gasteiger charge is -2.27. The summed E-state index contributed by atoms with van der Waals surface area (Å²) in [5.41, 5.74) is 0. The van der Waals surface area contributed by atoms with E-state index >= 15 is 0 Å². The maximum absolute atomic E-state index is 12.4. The van der Waals surface area contributed by atoms with Gasteiger partial charge in [0, 0.05) is 0 Å². The molecule has 0 radical (unpaired) electrons. The van der Waals surface area contributed by atoms with Crippen molar-refractivity contribution in [3.8, 4) is 0 Å². The van der Waals surface area contributed by atoms with Gasteiger partial charge in [-0.2, -0.15) is 0 Å². The molecule has 0 aliphatic heterocycles. The highest BCUT2D eigenvalue weighted by atomic mass is 31.2. The Labute approximate surface area is 99.4 Å². The normalized spacial score (nSPS) is 21.9. The van der Waals surface area contributed by atoms with Crippen molar-refractivity contribution >= 4 is 7.60 Å². The number of hydrogen-bond acceptors (Lipinski definition) is 3. The minimum atomic E-state index is -2.80. The molecule has 0 bridgehead atoms. The first kappa shape index (κ1) is 14.2. The van der Waals surface area contributed by atoms with Crippen LogP contribution in [0.1, 0.15) is 58.8 Å². The van der Waals surface area contributed by atoms with Gasteiger partial charge in [-0.3, -0.25) is 4.57 Å². The average molecular weight is 248 g/mol. The van der Waals surface area contributed by atoms with Crippen molar-refractivity contribution in [2.45, 2.75) is 64.9 Å². The van der Waals surface area contributed by atoms with E-state index in [1.165, 1.54) is 19.3 Å². The van der Waals surface area contributed by atoms with Gasteiger partial charge in [-0.15, -0.1) is 0 Å². The second-order valence-corrected chi connectivity index (χ2v) is 6.61. The van der Waals surface area contributed by atoms with Crippen molar-refractivity contribution in [1.29, 1.82) is 0 Å². The molecule has 1 unspecified atom stereocenters. The molecule has 0 N–H and O–H groups in total. The van der Waals surface area contributed by atoms with E-state index in [1.807, 2.05) is 6.92 Å². The van der Waals surface area contributed by atoms with E-state index in [1.54, 1.807) is 0 Å². The summed E-state index contributed by atoms with van der Waals surface area (Å²) < 4.78 is 23.5. The Morgan fingerprint density at radius 3 is 2.44 bits per heavy atom. The maximum atomic E-state index is 12.4. The third kappa shape index (κ3) is 4.99. The Balaban J connectivity index is 2.44. The van der Waals surface area contributed by atoms with Gasteiger partial charge in [0.05, 0.1) is 18.9 Å². The number of hydrogen-bond donors (Lipinski definition) is 0. The molecule has 1 rings (SSSR count). The molecule has 1 aliphatic rings. The molecule has 1 aliphatic carbocycles. The zero-order chi connectivity index (χ0) is 11.9. The van der Waals surface area contributed by atoms with Crippen molar-refractivity contribution < 1.29 is 13.6 Å². The Kier molecular flexibility index (Phi) is 6.64. The minimum Gasteiger partial charge on any atom is -0.309 e. The molecular weight excluding hydrogens is 223 g/mol. The Hall–Kier alpha value is 0.150. The van der Waals surface area contributed by atoms with Gasteiger partial charge in [-0.1, -0.05) is 32.6 Å². The lowest BCUT2D eigenvalue weighted by Crippen LogP contribution is -2.17. The van der Waals surface area contributed by atoms with Crippen LogP contribution >= 0.6 is 7.60 Å². The van der Waals surface area contributed by atoms with E-state index < -0.39 is 7.60 Å². The van der Waals surface area contributed by atoms with Crippen molar-refractivity contribution in [3.63, 3.8) is 0 Å². The molecule has 1 fully saturated rings. The lowest BCUT2D eigenvalue weighted by atomic mass is 9.98. The molecule has 0 aromatic heterocycles. The molecule has 4 heteroatoms. The molecule has 1 saturated carbocycles. The second kappa shape index (κ2) is 7.47. The van der Waals surface area contributed by atoms with E-state index in [2.05, 4.69) is 6.92 Å². The van der Waals surface area contributed by atoms with Gasteiger partial charge in [0.15, 0.2) is 0 Å². The van der Waals surface area contributed by atoms with Crippen molar-refractivity contribution in [1.82, 2.24) is 0 Å². The van der Waals surface area contributed by atoms with Gasteiger partial charge in [-0.25, -0.2) is 0 Å². The Morgan fingerprint density at radius 1 is 1.19 bits per heavy atom. The highest BCUT2D eigenvalue weighted by molar-refractivity contribution is 7.53. The van der Waals surface area contributed by atoms with E-state index in [-0.39, 0.29) is 6.10 Å². The standard InChI is InChI=1S/C12H25O3P/c1-3-5-11-16(13,14-4-2)15-12-9-7-6-8-10-12/h12H,3-11H2,1-2H3. The summed E-state index contributed by atoms with van der Waals surface area (Å²) in [6.07, 6.45) is 8.47. The van der Waals surface area contributed by atoms with Crippen LogP contribution in [0.15, 0.2) is 0 Å². The molecule has 0 heterocycles. The molecule has 0 saturated heterocycles. The van der Waals surface area contributed by atoms with E-state index in [0.29, 0.717) is 12.8 Å². The van der Waals surface area contributed by atoms with Crippen LogP contribution in [0.4, 0.5) is 0 Å². The zero-order valence-corrected chi connectivity index (χ0v) is 11.5. The third-order valence-electron chi connectivity index (χ3n) is 2.97. The predicted molar refractivity (Wildman–Crippen MR) is 67.0 cm³/mol. The summed E-state index contributed by atoms with van der Waals surface area (Å²) in [5.74, 6) is 0. The van der Waals surface area contributed by atoms with Gasteiger partial charge < -0.3 is 9.05 Å². The van der Waals surface area contributed by atoms with Gasteiger partial charge in [0.2, 0.25) is 0 Å². The number of rotatable bonds is 7. The van der Waals surface area contributed by atoms with Crippen LogP contribution in [0.5, 0.6) is 0 Å². The van der Waals surface area contributed by atoms with E-state index in [9.17, 15) is 4.57 Å². The Morgan fingerprint density at radius 2 is 1.88 bits per heavy atom. The molecule has 0 aromatic carbocycles. The Bertz CT molecular complexity index is 224. The second-order valence-electron chi connectivity index (χ2n) is 4.47. The first-order valence-corrected chi connectivity index (χ1v) is 8.35. The van der Waals surface area contributed by atoms with Crippen molar-refractivity contribution in [2.24, 2.45) is 0 Å². The molecular formula is C12H25O3P. The molecule has 0 amide bonds. The fourth-order valence-electron chi connectivity index (χ4n) is 2.09. The third-order valence-corrected chi connectivity index (χ3v) is 5.11. The summed E-state index contributed by atoms with van der Waals surface area (Å²) in [7, 11) is -2.80. The zero-order valence-electron chi connectivity index (χ0n) is 10.6. The smallest absolute Gasteiger partial charge is 0.309 e. The van der Waals surface area contributed by atoms with Crippen LogP contribution in [-0.2, 0) is 13.6 Å². The topological polar surface area (TPSA) is 35.5 Å². The van der Waals surface area contributed by atoms with Gasteiger partial charge >= 0.3 is 7.60 Å². The quantitative estimate of drug-likeness (QED) is 0.628. The van der Waals surface area contributed by atoms with Crippen LogP contribution in [0.3, 0.4) is 0 Å². The van der Waals surface area contributed by atoms with Crippen LogP contribution in [-0.4, -0.2) is 18.9 Å².